The summed E-state index contributed by atoms with van der Waals surface area (Å²) < 4.78 is 0. The van der Waals surface area contributed by atoms with Crippen molar-refractivity contribution in [1.82, 2.24) is 10.3 Å². The van der Waals surface area contributed by atoms with Crippen molar-refractivity contribution in [2.75, 3.05) is 13.6 Å². The number of aliphatic hydroxyl groups is 1. The molecule has 3 N–H and O–H groups in total. The average molecular weight is 243 g/mol. The van der Waals surface area contributed by atoms with Gasteiger partial charge in [-0.3, -0.25) is 9.59 Å². The second kappa shape index (κ2) is 5.39. The first-order valence-corrected chi connectivity index (χ1v) is 4.95. The molecule has 8 heteroatoms. The maximum absolute atomic E-state index is 11.5. The number of hydrogen-bond acceptors (Lipinski definition) is 5. The smallest absolute Gasteiger partial charge is 0.334 e. The fourth-order valence-corrected chi connectivity index (χ4v) is 1.21. The Kier molecular flexibility index (Phi) is 4.16. The number of carbonyl (C=O) groups excluding carboxylic acids is 2. The summed E-state index contributed by atoms with van der Waals surface area (Å²) in [5.41, 5.74) is 0.143. The van der Waals surface area contributed by atoms with E-state index in [2.05, 4.69) is 10.4 Å². The molecule has 0 aliphatic carbocycles. The molecule has 1 atom stereocenters. The van der Waals surface area contributed by atoms with E-state index in [0.29, 0.717) is 0 Å². The number of aliphatic carboxylic acids is 1. The molecule has 0 fully saturated rings. The van der Waals surface area contributed by atoms with Crippen molar-refractivity contribution in [3.63, 3.8) is 0 Å². The monoisotopic (exact) mass is 243 g/mol. The Morgan fingerprint density at radius 2 is 2.18 bits per heavy atom. The van der Waals surface area contributed by atoms with Crippen LogP contribution in [-0.4, -0.2) is 58.4 Å². The van der Waals surface area contributed by atoms with Crippen molar-refractivity contribution in [2.45, 2.75) is 18.9 Å². The van der Waals surface area contributed by atoms with E-state index >= 15 is 0 Å². The summed E-state index contributed by atoms with van der Waals surface area (Å²) in [6, 6.07) is 0. The summed E-state index contributed by atoms with van der Waals surface area (Å²) in [5.74, 6) is -2.18. The maximum Gasteiger partial charge on any atom is 0.334 e. The van der Waals surface area contributed by atoms with Gasteiger partial charge >= 0.3 is 5.97 Å². The van der Waals surface area contributed by atoms with Gasteiger partial charge in [-0.1, -0.05) is 0 Å². The predicted molar refractivity (Wildman–Crippen MR) is 56.1 cm³/mol. The van der Waals surface area contributed by atoms with Crippen LogP contribution in [0.2, 0.25) is 0 Å². The van der Waals surface area contributed by atoms with Gasteiger partial charge in [0, 0.05) is 19.9 Å². The summed E-state index contributed by atoms with van der Waals surface area (Å²) in [5, 5.41) is 24.4. The summed E-state index contributed by atoms with van der Waals surface area (Å²) >= 11 is 0. The Bertz CT molecular complexity index is 379. The number of hydrazone groups is 1. The SMILES string of the molecule is CN1N=C(C(=O)NCC(O)C(=O)O)CCC1=O. The van der Waals surface area contributed by atoms with Crippen LogP contribution in [0.1, 0.15) is 12.8 Å². The Hall–Kier alpha value is -1.96. The Balaban J connectivity index is 2.51. The van der Waals surface area contributed by atoms with Gasteiger partial charge in [0.1, 0.15) is 5.71 Å². The minimum absolute atomic E-state index is 0.143. The zero-order chi connectivity index (χ0) is 13.0. The normalized spacial score (nSPS) is 17.4. The zero-order valence-corrected chi connectivity index (χ0v) is 9.21. The van der Waals surface area contributed by atoms with Gasteiger partial charge in [0.2, 0.25) is 5.91 Å². The Labute approximate surface area is 96.9 Å². The van der Waals surface area contributed by atoms with Gasteiger partial charge in [-0.15, -0.1) is 0 Å². The summed E-state index contributed by atoms with van der Waals surface area (Å²) in [6.07, 6.45) is -1.26. The van der Waals surface area contributed by atoms with Crippen molar-refractivity contribution in [1.29, 1.82) is 0 Å². The molecule has 1 heterocycles. The number of carbonyl (C=O) groups is 3. The van der Waals surface area contributed by atoms with Gasteiger partial charge in [-0.2, -0.15) is 5.10 Å². The first kappa shape index (κ1) is 13.1. The van der Waals surface area contributed by atoms with E-state index < -0.39 is 24.5 Å². The molecule has 0 spiro atoms. The highest BCUT2D eigenvalue weighted by atomic mass is 16.4. The fourth-order valence-electron chi connectivity index (χ4n) is 1.21. The molecule has 2 amide bonds. The van der Waals surface area contributed by atoms with Crippen LogP contribution < -0.4 is 5.32 Å². The third-order valence-corrected chi connectivity index (χ3v) is 2.21. The number of nitrogens with one attached hydrogen (secondary N) is 1. The second-order valence-corrected chi connectivity index (χ2v) is 3.53. The van der Waals surface area contributed by atoms with Gasteiger partial charge in [-0.25, -0.2) is 9.80 Å². The number of hydrogen-bond donors (Lipinski definition) is 3. The van der Waals surface area contributed by atoms with Crippen LogP contribution in [-0.2, 0) is 14.4 Å². The first-order valence-electron chi connectivity index (χ1n) is 4.95. The van der Waals surface area contributed by atoms with Crippen LogP contribution in [0, 0.1) is 0 Å². The maximum atomic E-state index is 11.5. The molecule has 94 valence electrons. The molecule has 8 nitrogen and oxygen atoms in total. The molecule has 1 unspecified atom stereocenters. The molecular formula is C9H13N3O5. The van der Waals surface area contributed by atoms with E-state index in [1.165, 1.54) is 7.05 Å². The van der Waals surface area contributed by atoms with Gasteiger partial charge < -0.3 is 15.5 Å². The minimum Gasteiger partial charge on any atom is -0.479 e. The summed E-state index contributed by atoms with van der Waals surface area (Å²) in [7, 11) is 1.43. The topological polar surface area (TPSA) is 119 Å². The van der Waals surface area contributed by atoms with Crippen molar-refractivity contribution in [3.8, 4) is 0 Å². The van der Waals surface area contributed by atoms with E-state index in [1.807, 2.05) is 0 Å². The lowest BCUT2D eigenvalue weighted by molar-refractivity contribution is -0.146. The lowest BCUT2D eigenvalue weighted by Crippen LogP contribution is -2.42. The highest BCUT2D eigenvalue weighted by molar-refractivity contribution is 6.39. The zero-order valence-electron chi connectivity index (χ0n) is 9.21. The number of nitrogens with zero attached hydrogens (tertiary/aromatic N) is 2. The molecule has 0 saturated carbocycles. The molecule has 1 aliphatic heterocycles. The molecule has 0 aromatic carbocycles. The number of carboxylic acid groups (broad SMARTS) is 1. The van der Waals surface area contributed by atoms with Crippen LogP contribution >= 0.6 is 0 Å². The quantitative estimate of drug-likeness (QED) is 0.535. The van der Waals surface area contributed by atoms with E-state index in [0.717, 1.165) is 5.01 Å². The van der Waals surface area contributed by atoms with Crippen molar-refractivity contribution in [3.05, 3.63) is 0 Å². The second-order valence-electron chi connectivity index (χ2n) is 3.53. The van der Waals surface area contributed by atoms with E-state index in [9.17, 15) is 14.4 Å². The Morgan fingerprint density at radius 1 is 1.53 bits per heavy atom. The third kappa shape index (κ3) is 3.52. The molecule has 0 saturated heterocycles. The Morgan fingerprint density at radius 3 is 2.71 bits per heavy atom. The molecular weight excluding hydrogens is 230 g/mol. The van der Waals surface area contributed by atoms with Crippen molar-refractivity contribution in [2.24, 2.45) is 5.10 Å². The van der Waals surface area contributed by atoms with Gasteiger partial charge in [0.05, 0.1) is 6.54 Å². The minimum atomic E-state index is -1.65. The molecule has 0 radical (unpaired) electrons. The highest BCUT2D eigenvalue weighted by Crippen LogP contribution is 2.06. The summed E-state index contributed by atoms with van der Waals surface area (Å²) in [4.78, 5) is 32.9. The average Bonchev–Trinajstić information content (AvgIpc) is 2.28. The summed E-state index contributed by atoms with van der Waals surface area (Å²) in [6.45, 7) is -0.398. The first-order chi connectivity index (χ1) is 7.91. The van der Waals surface area contributed by atoms with Gasteiger partial charge in [0.25, 0.3) is 5.91 Å². The molecule has 17 heavy (non-hydrogen) atoms. The lowest BCUT2D eigenvalue weighted by atomic mass is 10.1. The standard InChI is InChI=1S/C9H13N3O5/c1-12-7(14)3-2-5(11-12)8(15)10-4-6(13)9(16)17/h6,13H,2-4H2,1H3,(H,10,15)(H,16,17). The van der Waals surface area contributed by atoms with Gasteiger partial charge in [0.15, 0.2) is 6.10 Å². The van der Waals surface area contributed by atoms with Crippen LogP contribution in [0.25, 0.3) is 0 Å². The van der Waals surface area contributed by atoms with E-state index in [1.54, 1.807) is 0 Å². The lowest BCUT2D eigenvalue weighted by Gasteiger charge is -2.19. The van der Waals surface area contributed by atoms with Gasteiger partial charge in [-0.05, 0) is 0 Å². The number of amides is 2. The van der Waals surface area contributed by atoms with Crippen molar-refractivity contribution >= 4 is 23.5 Å². The van der Waals surface area contributed by atoms with Crippen LogP contribution in [0.5, 0.6) is 0 Å². The van der Waals surface area contributed by atoms with Crippen LogP contribution in [0.15, 0.2) is 5.10 Å². The van der Waals surface area contributed by atoms with Crippen LogP contribution in [0.3, 0.4) is 0 Å². The molecule has 1 rings (SSSR count). The predicted octanol–water partition coefficient (Wildman–Crippen LogP) is -1.84. The molecule has 0 aromatic heterocycles. The third-order valence-electron chi connectivity index (χ3n) is 2.21. The highest BCUT2D eigenvalue weighted by Gasteiger charge is 2.23. The number of carboxylic acids is 1. The number of aliphatic hydroxyl groups excluding tert-OH is 1. The largest absolute Gasteiger partial charge is 0.479 e. The van der Waals surface area contributed by atoms with Crippen molar-refractivity contribution < 1.29 is 24.6 Å². The molecule has 0 bridgehead atoms. The fraction of sp³-hybridized carbons (Fsp3) is 0.556. The van der Waals surface area contributed by atoms with E-state index in [4.69, 9.17) is 10.2 Å². The molecule has 1 aliphatic rings. The molecule has 0 aromatic rings. The van der Waals surface area contributed by atoms with E-state index in [-0.39, 0.29) is 24.5 Å². The van der Waals surface area contributed by atoms with Crippen LogP contribution in [0.4, 0.5) is 0 Å². The number of rotatable bonds is 4.